The molecule has 0 unspecified atom stereocenters. The molecular formula is C20H27ClN4O. The van der Waals surface area contributed by atoms with Gasteiger partial charge in [-0.05, 0) is 63.5 Å². The van der Waals surface area contributed by atoms with Crippen LogP contribution in [0.15, 0.2) is 18.5 Å². The Morgan fingerprint density at radius 2 is 2.00 bits per heavy atom. The number of aromatic nitrogens is 3. The van der Waals surface area contributed by atoms with Crippen LogP contribution >= 0.6 is 11.6 Å². The molecule has 0 aromatic carbocycles. The first-order chi connectivity index (χ1) is 12.5. The van der Waals surface area contributed by atoms with Gasteiger partial charge in [-0.1, -0.05) is 18.5 Å². The van der Waals surface area contributed by atoms with Crippen molar-refractivity contribution in [1.29, 1.82) is 0 Å². The van der Waals surface area contributed by atoms with E-state index >= 15 is 0 Å². The maximum atomic E-state index is 12.5. The third kappa shape index (κ3) is 4.26. The molecule has 140 valence electrons. The smallest absolute Gasteiger partial charge is 0.253 e. The molecule has 1 aliphatic carbocycles. The number of aryl methyl sites for hydroxylation is 2. The fourth-order valence-corrected chi connectivity index (χ4v) is 4.02. The van der Waals surface area contributed by atoms with Crippen LogP contribution in [-0.2, 0) is 13.0 Å². The highest BCUT2D eigenvalue weighted by Gasteiger charge is 2.24. The van der Waals surface area contributed by atoms with E-state index in [0.717, 1.165) is 38.6 Å². The fourth-order valence-electron chi connectivity index (χ4n) is 3.86. The van der Waals surface area contributed by atoms with Gasteiger partial charge in [-0.2, -0.15) is 5.10 Å². The van der Waals surface area contributed by atoms with E-state index in [1.54, 1.807) is 12.3 Å². The molecule has 1 fully saturated rings. The molecule has 0 aliphatic heterocycles. The average molecular weight is 375 g/mol. The highest BCUT2D eigenvalue weighted by atomic mass is 35.5. The number of hydrogen-bond acceptors (Lipinski definition) is 3. The van der Waals surface area contributed by atoms with E-state index in [-0.39, 0.29) is 11.9 Å². The summed E-state index contributed by atoms with van der Waals surface area (Å²) < 4.78 is 2.17. The number of carbonyl (C=O) groups excluding carboxylic acids is 1. The summed E-state index contributed by atoms with van der Waals surface area (Å²) in [5.74, 6) is 0.555. The number of pyridine rings is 1. The summed E-state index contributed by atoms with van der Waals surface area (Å²) in [6.45, 7) is 7.12. The maximum absolute atomic E-state index is 12.5. The number of amides is 1. The topological polar surface area (TPSA) is 59.8 Å². The van der Waals surface area contributed by atoms with E-state index in [9.17, 15) is 4.79 Å². The number of nitrogens with one attached hydrogen (secondary N) is 1. The highest BCUT2D eigenvalue weighted by molar-refractivity contribution is 6.30. The Labute approximate surface area is 160 Å². The van der Waals surface area contributed by atoms with Crippen molar-refractivity contribution >= 4 is 17.5 Å². The lowest BCUT2D eigenvalue weighted by Crippen LogP contribution is -2.38. The van der Waals surface area contributed by atoms with Crippen molar-refractivity contribution < 1.29 is 4.79 Å². The lowest BCUT2D eigenvalue weighted by Gasteiger charge is -2.29. The molecule has 1 aliphatic rings. The predicted molar refractivity (Wildman–Crippen MR) is 104 cm³/mol. The molecule has 0 bridgehead atoms. The van der Waals surface area contributed by atoms with E-state index in [2.05, 4.69) is 33.9 Å². The monoisotopic (exact) mass is 374 g/mol. The fraction of sp³-hybridized carbons (Fsp3) is 0.550. The SMILES string of the molecule is CCc1c(C)cnn1C[C@H]1CC[C@H](NC(=O)c2cc(Cl)cnc2C)CC1. The van der Waals surface area contributed by atoms with Crippen molar-refractivity contribution in [1.82, 2.24) is 20.1 Å². The van der Waals surface area contributed by atoms with E-state index in [1.165, 1.54) is 11.3 Å². The molecule has 6 heteroatoms. The summed E-state index contributed by atoms with van der Waals surface area (Å²) in [7, 11) is 0. The second kappa shape index (κ2) is 8.21. The Hall–Kier alpha value is -1.88. The second-order valence-electron chi connectivity index (χ2n) is 7.29. The minimum absolute atomic E-state index is 0.0723. The summed E-state index contributed by atoms with van der Waals surface area (Å²) in [6, 6.07) is 1.92. The van der Waals surface area contributed by atoms with Gasteiger partial charge >= 0.3 is 0 Å². The molecule has 5 nitrogen and oxygen atoms in total. The van der Waals surface area contributed by atoms with Crippen molar-refractivity contribution in [3.05, 3.63) is 46.0 Å². The Morgan fingerprint density at radius 1 is 1.27 bits per heavy atom. The lowest BCUT2D eigenvalue weighted by molar-refractivity contribution is 0.0919. The van der Waals surface area contributed by atoms with Gasteiger partial charge in [0.2, 0.25) is 0 Å². The zero-order valence-electron chi connectivity index (χ0n) is 15.8. The quantitative estimate of drug-likeness (QED) is 0.857. The zero-order chi connectivity index (χ0) is 18.7. The van der Waals surface area contributed by atoms with Gasteiger partial charge in [0, 0.05) is 24.5 Å². The largest absolute Gasteiger partial charge is 0.349 e. The van der Waals surface area contributed by atoms with E-state index in [0.29, 0.717) is 22.2 Å². The number of hydrogen-bond donors (Lipinski definition) is 1. The number of rotatable bonds is 5. The predicted octanol–water partition coefficient (Wildman–Crippen LogP) is 4.10. The van der Waals surface area contributed by atoms with Gasteiger partial charge in [0.1, 0.15) is 0 Å². The molecule has 1 N–H and O–H groups in total. The van der Waals surface area contributed by atoms with Crippen LogP contribution in [0.2, 0.25) is 5.02 Å². The van der Waals surface area contributed by atoms with Crippen molar-refractivity contribution in [2.75, 3.05) is 0 Å². The van der Waals surface area contributed by atoms with Crippen molar-refractivity contribution in [2.24, 2.45) is 5.92 Å². The van der Waals surface area contributed by atoms with Crippen LogP contribution < -0.4 is 5.32 Å². The molecule has 2 aromatic heterocycles. The zero-order valence-corrected chi connectivity index (χ0v) is 16.5. The van der Waals surface area contributed by atoms with Gasteiger partial charge in [0.15, 0.2) is 0 Å². The van der Waals surface area contributed by atoms with Gasteiger partial charge in [0.25, 0.3) is 5.91 Å². The van der Waals surface area contributed by atoms with Crippen molar-refractivity contribution in [3.8, 4) is 0 Å². The normalized spacial score (nSPS) is 20.2. The molecule has 0 atom stereocenters. The van der Waals surface area contributed by atoms with E-state index in [4.69, 9.17) is 11.6 Å². The summed E-state index contributed by atoms with van der Waals surface area (Å²) in [4.78, 5) is 16.7. The highest BCUT2D eigenvalue weighted by Crippen LogP contribution is 2.27. The molecule has 2 heterocycles. The van der Waals surface area contributed by atoms with Crippen LogP contribution in [0, 0.1) is 19.8 Å². The molecule has 2 aromatic rings. The first-order valence-corrected chi connectivity index (χ1v) is 9.80. The molecule has 0 radical (unpaired) electrons. The van der Waals surface area contributed by atoms with Crippen LogP contribution in [0.4, 0.5) is 0 Å². The Kier molecular flexibility index (Phi) is 5.97. The second-order valence-corrected chi connectivity index (χ2v) is 7.72. The van der Waals surface area contributed by atoms with Crippen LogP contribution in [0.3, 0.4) is 0 Å². The standard InChI is InChI=1S/C20H27ClN4O/c1-4-19-13(2)10-23-25(19)12-15-5-7-17(8-6-15)24-20(26)18-9-16(21)11-22-14(18)3/h9-11,15,17H,4-8,12H2,1-3H3,(H,24,26)/t15-,17-. The minimum Gasteiger partial charge on any atom is -0.349 e. The third-order valence-electron chi connectivity index (χ3n) is 5.40. The van der Waals surface area contributed by atoms with Crippen LogP contribution in [0.25, 0.3) is 0 Å². The van der Waals surface area contributed by atoms with Crippen LogP contribution in [0.5, 0.6) is 0 Å². The molecule has 1 saturated carbocycles. The average Bonchev–Trinajstić information content (AvgIpc) is 2.98. The molecule has 1 amide bonds. The van der Waals surface area contributed by atoms with Gasteiger partial charge in [-0.25, -0.2) is 0 Å². The summed E-state index contributed by atoms with van der Waals surface area (Å²) in [5, 5.41) is 8.18. The van der Waals surface area contributed by atoms with Gasteiger partial charge in [-0.3, -0.25) is 14.5 Å². The molecule has 0 saturated heterocycles. The van der Waals surface area contributed by atoms with Crippen LogP contribution in [-0.4, -0.2) is 26.7 Å². The number of halogens is 1. The molecule has 26 heavy (non-hydrogen) atoms. The third-order valence-corrected chi connectivity index (χ3v) is 5.61. The lowest BCUT2D eigenvalue weighted by atomic mass is 9.86. The Morgan fingerprint density at radius 3 is 2.69 bits per heavy atom. The number of nitrogens with zero attached hydrogens (tertiary/aromatic N) is 3. The molecule has 0 spiro atoms. The number of carbonyl (C=O) groups is 1. The maximum Gasteiger partial charge on any atom is 0.253 e. The van der Waals surface area contributed by atoms with Crippen molar-refractivity contribution in [3.63, 3.8) is 0 Å². The van der Waals surface area contributed by atoms with E-state index in [1.807, 2.05) is 13.1 Å². The Balaban J connectivity index is 1.53. The van der Waals surface area contributed by atoms with Crippen LogP contribution in [0.1, 0.15) is 59.9 Å². The van der Waals surface area contributed by atoms with Crippen molar-refractivity contribution in [2.45, 2.75) is 65.5 Å². The van der Waals surface area contributed by atoms with E-state index < -0.39 is 0 Å². The summed E-state index contributed by atoms with van der Waals surface area (Å²) in [6.07, 6.45) is 8.78. The van der Waals surface area contributed by atoms with Gasteiger partial charge in [0.05, 0.1) is 22.5 Å². The summed E-state index contributed by atoms with van der Waals surface area (Å²) >= 11 is 5.98. The minimum atomic E-state index is -0.0723. The Bertz CT molecular complexity index is 778. The summed E-state index contributed by atoms with van der Waals surface area (Å²) in [5.41, 5.74) is 3.89. The van der Waals surface area contributed by atoms with Gasteiger partial charge < -0.3 is 5.32 Å². The molecule has 3 rings (SSSR count). The first kappa shape index (κ1) is 18.9. The molecular weight excluding hydrogens is 348 g/mol. The van der Waals surface area contributed by atoms with Gasteiger partial charge in [-0.15, -0.1) is 0 Å². The first-order valence-electron chi connectivity index (χ1n) is 9.42.